The summed E-state index contributed by atoms with van der Waals surface area (Å²) in [5.41, 5.74) is 3.19. The summed E-state index contributed by atoms with van der Waals surface area (Å²) >= 11 is 3.44. The van der Waals surface area contributed by atoms with Gasteiger partial charge in [-0.3, -0.25) is 4.79 Å². The molecule has 2 heterocycles. The third kappa shape index (κ3) is 2.20. The second kappa shape index (κ2) is 5.36. The van der Waals surface area contributed by atoms with Crippen LogP contribution in [0.4, 0.5) is 5.82 Å². The summed E-state index contributed by atoms with van der Waals surface area (Å²) in [5.74, 6) is 0.834. The van der Waals surface area contributed by atoms with Crippen molar-refractivity contribution < 1.29 is 4.79 Å². The van der Waals surface area contributed by atoms with Crippen molar-refractivity contribution in [3.63, 3.8) is 0 Å². The first-order valence-electron chi connectivity index (χ1n) is 7.45. The fourth-order valence-electron chi connectivity index (χ4n) is 3.29. The number of rotatable bonds is 1. The maximum absolute atomic E-state index is 12.6. The fraction of sp³-hybridized carbons (Fsp3) is 0.235. The number of benzene rings is 1. The van der Waals surface area contributed by atoms with E-state index in [2.05, 4.69) is 32.4 Å². The predicted octanol–water partition coefficient (Wildman–Crippen LogP) is 3.54. The molecule has 1 aromatic heterocycles. The number of nitrogens with zero attached hydrogens (tertiary/aromatic N) is 3. The number of ketones is 1. The summed E-state index contributed by atoms with van der Waals surface area (Å²) < 4.78 is 2.74. The Morgan fingerprint density at radius 3 is 2.83 bits per heavy atom. The molecule has 0 unspecified atom stereocenters. The monoisotopic (exact) mass is 368 g/mol. The minimum atomic E-state index is -0.274. The van der Waals surface area contributed by atoms with Crippen molar-refractivity contribution in [2.75, 3.05) is 5.32 Å². The van der Waals surface area contributed by atoms with E-state index >= 15 is 0 Å². The molecular weight excluding hydrogens is 356 g/mol. The quantitative estimate of drug-likeness (QED) is 0.835. The summed E-state index contributed by atoms with van der Waals surface area (Å²) in [5, 5.41) is 16.9. The first kappa shape index (κ1) is 14.2. The van der Waals surface area contributed by atoms with Gasteiger partial charge in [0.15, 0.2) is 5.78 Å². The molecule has 0 saturated heterocycles. The van der Waals surface area contributed by atoms with Gasteiger partial charge >= 0.3 is 0 Å². The van der Waals surface area contributed by atoms with Gasteiger partial charge < -0.3 is 5.32 Å². The fourth-order valence-corrected chi connectivity index (χ4v) is 3.56. The van der Waals surface area contributed by atoms with Crippen LogP contribution in [0.3, 0.4) is 0 Å². The van der Waals surface area contributed by atoms with Gasteiger partial charge in [0.25, 0.3) is 0 Å². The second-order valence-corrected chi connectivity index (χ2v) is 6.63. The minimum absolute atomic E-state index is 0.159. The van der Waals surface area contributed by atoms with Crippen molar-refractivity contribution in [2.24, 2.45) is 0 Å². The topological polar surface area (TPSA) is 70.7 Å². The molecule has 0 bridgehead atoms. The van der Waals surface area contributed by atoms with E-state index in [0.29, 0.717) is 17.8 Å². The molecule has 0 saturated carbocycles. The van der Waals surface area contributed by atoms with E-state index in [1.165, 1.54) is 0 Å². The number of carbonyl (C=O) groups excluding carboxylic acids is 1. The molecule has 0 amide bonds. The molecule has 4 rings (SSSR count). The number of hydrogen-bond acceptors (Lipinski definition) is 4. The number of fused-ring (bicyclic) bond motifs is 1. The van der Waals surface area contributed by atoms with Gasteiger partial charge in [-0.25, -0.2) is 4.68 Å². The summed E-state index contributed by atoms with van der Waals surface area (Å²) in [6.07, 6.45) is 3.78. The molecular formula is C17H13BrN4O. The van der Waals surface area contributed by atoms with E-state index in [1.807, 2.05) is 24.3 Å². The van der Waals surface area contributed by atoms with Crippen molar-refractivity contribution in [3.05, 3.63) is 57.3 Å². The lowest BCUT2D eigenvalue weighted by Gasteiger charge is -2.33. The van der Waals surface area contributed by atoms with E-state index in [4.69, 9.17) is 0 Å². The molecule has 6 heteroatoms. The number of anilines is 1. The maximum Gasteiger partial charge on any atom is 0.163 e. The van der Waals surface area contributed by atoms with Crippen LogP contribution < -0.4 is 5.32 Å². The van der Waals surface area contributed by atoms with E-state index in [1.54, 1.807) is 10.9 Å². The van der Waals surface area contributed by atoms with Gasteiger partial charge in [0.05, 0.1) is 6.20 Å². The zero-order chi connectivity index (χ0) is 16.0. The van der Waals surface area contributed by atoms with Gasteiger partial charge in [-0.05, 0) is 30.5 Å². The molecule has 23 heavy (non-hydrogen) atoms. The van der Waals surface area contributed by atoms with Crippen LogP contribution in [0.2, 0.25) is 0 Å². The summed E-state index contributed by atoms with van der Waals surface area (Å²) in [6, 6.07) is 9.78. The molecule has 0 spiro atoms. The molecule has 1 N–H and O–H groups in total. The van der Waals surface area contributed by atoms with Crippen molar-refractivity contribution in [2.45, 2.75) is 25.3 Å². The SMILES string of the molecule is N#Cc1cnn2c1NC1=C(C(=O)CCC1)[C@H]2c1ccc(Br)cc1. The van der Waals surface area contributed by atoms with E-state index < -0.39 is 0 Å². The molecule has 1 aliphatic heterocycles. The Morgan fingerprint density at radius 1 is 1.30 bits per heavy atom. The van der Waals surface area contributed by atoms with Crippen LogP contribution in [0.5, 0.6) is 0 Å². The Hall–Kier alpha value is -2.39. The average Bonchev–Trinajstić information content (AvgIpc) is 2.97. The summed E-state index contributed by atoms with van der Waals surface area (Å²) in [6.45, 7) is 0. The number of nitrogens with one attached hydrogen (secondary N) is 1. The smallest absolute Gasteiger partial charge is 0.163 e. The highest BCUT2D eigenvalue weighted by Crippen LogP contribution is 2.41. The molecule has 1 aliphatic carbocycles. The Labute approximate surface area is 141 Å². The Morgan fingerprint density at radius 2 is 2.09 bits per heavy atom. The van der Waals surface area contributed by atoms with Gasteiger partial charge in [-0.2, -0.15) is 10.4 Å². The molecule has 114 valence electrons. The predicted molar refractivity (Wildman–Crippen MR) is 88.7 cm³/mol. The highest BCUT2D eigenvalue weighted by atomic mass is 79.9. The summed E-state index contributed by atoms with van der Waals surface area (Å²) in [4.78, 5) is 12.6. The number of carbonyl (C=O) groups is 1. The van der Waals surface area contributed by atoms with E-state index in [9.17, 15) is 10.1 Å². The largest absolute Gasteiger partial charge is 0.342 e. The number of aromatic nitrogens is 2. The lowest BCUT2D eigenvalue weighted by molar-refractivity contribution is -0.116. The second-order valence-electron chi connectivity index (χ2n) is 5.71. The number of halogens is 1. The van der Waals surface area contributed by atoms with Crippen LogP contribution in [-0.4, -0.2) is 15.6 Å². The van der Waals surface area contributed by atoms with Gasteiger partial charge in [0.1, 0.15) is 23.5 Å². The Kier molecular flexibility index (Phi) is 3.31. The molecule has 2 aromatic rings. The highest BCUT2D eigenvalue weighted by molar-refractivity contribution is 9.10. The Bertz CT molecular complexity index is 873. The number of allylic oxidation sites excluding steroid dienone is 2. The number of nitriles is 1. The zero-order valence-electron chi connectivity index (χ0n) is 12.2. The van der Waals surface area contributed by atoms with Crippen LogP contribution in [0, 0.1) is 11.3 Å². The molecule has 2 aliphatic rings. The molecule has 5 nitrogen and oxygen atoms in total. The van der Waals surface area contributed by atoms with Crippen LogP contribution >= 0.6 is 15.9 Å². The zero-order valence-corrected chi connectivity index (χ0v) is 13.8. The normalized spacial score (nSPS) is 19.7. The van der Waals surface area contributed by atoms with Gasteiger partial charge in [-0.15, -0.1) is 0 Å². The summed E-state index contributed by atoms with van der Waals surface area (Å²) in [7, 11) is 0. The van der Waals surface area contributed by atoms with Crippen LogP contribution in [-0.2, 0) is 4.79 Å². The third-order valence-corrected chi connectivity index (χ3v) is 4.87. The average molecular weight is 369 g/mol. The van der Waals surface area contributed by atoms with E-state index in [0.717, 1.165) is 34.1 Å². The molecule has 0 radical (unpaired) electrons. The lowest BCUT2D eigenvalue weighted by atomic mass is 9.85. The molecule has 1 aromatic carbocycles. The van der Waals surface area contributed by atoms with Gasteiger partial charge in [-0.1, -0.05) is 28.1 Å². The van der Waals surface area contributed by atoms with E-state index in [-0.39, 0.29) is 11.8 Å². The molecule has 0 fully saturated rings. The lowest BCUT2D eigenvalue weighted by Crippen LogP contribution is -2.31. The molecule has 1 atom stereocenters. The third-order valence-electron chi connectivity index (χ3n) is 4.35. The van der Waals surface area contributed by atoms with Crippen molar-refractivity contribution >= 4 is 27.5 Å². The van der Waals surface area contributed by atoms with Crippen molar-refractivity contribution in [3.8, 4) is 6.07 Å². The van der Waals surface area contributed by atoms with Crippen LogP contribution in [0.15, 0.2) is 46.2 Å². The van der Waals surface area contributed by atoms with Crippen molar-refractivity contribution in [1.82, 2.24) is 9.78 Å². The highest BCUT2D eigenvalue weighted by Gasteiger charge is 2.36. The first-order valence-corrected chi connectivity index (χ1v) is 8.24. The van der Waals surface area contributed by atoms with Crippen LogP contribution in [0.25, 0.3) is 0 Å². The Balaban J connectivity index is 1.94. The minimum Gasteiger partial charge on any atom is -0.342 e. The van der Waals surface area contributed by atoms with Gasteiger partial charge in [0, 0.05) is 22.2 Å². The standard InChI is InChI=1S/C17H13BrN4O/c18-12-6-4-10(5-7-12)16-15-13(2-1-3-14(15)23)21-17-11(8-19)9-20-22(16)17/h4-7,9,16,21H,1-3H2/t16-/m1/s1. The van der Waals surface area contributed by atoms with Crippen LogP contribution in [0.1, 0.15) is 36.4 Å². The van der Waals surface area contributed by atoms with Gasteiger partial charge in [0.2, 0.25) is 0 Å². The maximum atomic E-state index is 12.6. The van der Waals surface area contributed by atoms with Crippen molar-refractivity contribution in [1.29, 1.82) is 5.26 Å². The number of Topliss-reactive ketones (excluding diaryl/α,β-unsaturated/α-hetero) is 1. The number of hydrogen-bond donors (Lipinski definition) is 1. The first-order chi connectivity index (χ1) is 11.2.